The van der Waals surface area contributed by atoms with Gasteiger partial charge in [-0.3, -0.25) is 4.79 Å². The van der Waals surface area contributed by atoms with Crippen LogP contribution in [0.5, 0.6) is 0 Å². The Morgan fingerprint density at radius 1 is 0.413 bits per heavy atom. The van der Waals surface area contributed by atoms with Gasteiger partial charge in [0.25, 0.3) is 0 Å². The van der Waals surface area contributed by atoms with E-state index >= 15 is 0 Å². The number of allylic oxidation sites excluding steroid dienone is 14. The van der Waals surface area contributed by atoms with E-state index in [2.05, 4.69) is 133 Å². The fraction of sp³-hybridized carbons (Fsp3) is 0.833. The third kappa shape index (κ3) is 9.34. The van der Waals surface area contributed by atoms with Crippen molar-refractivity contribution in [1.29, 1.82) is 5.26 Å². The Morgan fingerprint density at radius 2 is 0.731 bits per heavy atom. The molecule has 21 fully saturated rings. The lowest BCUT2D eigenvalue weighted by atomic mass is 9.63. The second-order valence-corrected chi connectivity index (χ2v) is 45.9. The molecule has 0 aromatic carbocycles. The van der Waals surface area contributed by atoms with Gasteiger partial charge in [-0.1, -0.05) is 98.4 Å². The van der Waals surface area contributed by atoms with E-state index in [1.54, 1.807) is 0 Å². The number of aliphatic hydroxyl groups is 2. The van der Waals surface area contributed by atoms with Gasteiger partial charge in [0.1, 0.15) is 5.67 Å². The minimum Gasteiger partial charge on any atom is -0.469 e. The largest absolute Gasteiger partial charge is 0.469 e. The minimum atomic E-state index is -0.829. The number of halogens is 2. The zero-order chi connectivity index (χ0) is 70.9. The molecule has 0 aromatic rings. The number of carbonyl (C=O) groups excluding carboxylic acids is 1. The fourth-order valence-electron chi connectivity index (χ4n) is 38.6. The first-order valence-electron chi connectivity index (χ1n) is 44.7. The molecule has 4 N–H and O–H groups in total. The molecule has 8 heteroatoms. The zero-order valence-corrected chi connectivity index (χ0v) is 65.3. The summed E-state index contributed by atoms with van der Waals surface area (Å²) < 4.78 is 19.3. The van der Waals surface area contributed by atoms with Crippen LogP contribution in [-0.4, -0.2) is 50.6 Å². The van der Waals surface area contributed by atoms with Crippen molar-refractivity contribution in [2.45, 2.75) is 223 Å². The number of rotatable bonds is 3. The molecule has 49 unspecified atom stereocenters. The molecule has 0 amide bonds. The van der Waals surface area contributed by atoms with Gasteiger partial charge in [0.15, 0.2) is 0 Å². The van der Waals surface area contributed by atoms with Gasteiger partial charge in [-0.25, -0.2) is 4.39 Å². The average molecular weight is 1430 g/mol. The predicted octanol–water partition coefficient (Wildman–Crippen LogP) is 19.7. The number of nitriles is 1. The maximum Gasteiger partial charge on any atom is 0.311 e. The molecule has 28 bridgehead atoms. The monoisotopic (exact) mass is 1430 g/mol. The van der Waals surface area contributed by atoms with E-state index in [0.717, 1.165) is 263 Å². The number of methoxy groups -OCH3 is 1. The first-order chi connectivity index (χ1) is 49.8. The quantitative estimate of drug-likeness (QED) is 0.112. The Hall–Kier alpha value is -2.76. The lowest BCUT2D eigenvalue weighted by Gasteiger charge is -2.42. The van der Waals surface area contributed by atoms with E-state index in [1.165, 1.54) is 116 Å². The summed E-state index contributed by atoms with van der Waals surface area (Å²) in [5, 5.41) is 30.5. The van der Waals surface area contributed by atoms with Gasteiger partial charge in [0.2, 0.25) is 0 Å². The Kier molecular flexibility index (Phi) is 15.0. The van der Waals surface area contributed by atoms with Crippen molar-refractivity contribution in [3.05, 3.63) is 85.1 Å². The maximum absolute atomic E-state index is 14.2. The summed E-state index contributed by atoms with van der Waals surface area (Å²) in [7, 11) is 1.54. The number of nitrogens with zero attached hydrogens (tertiary/aromatic N) is 1. The third-order valence-corrected chi connectivity index (χ3v) is 41.3. The van der Waals surface area contributed by atoms with Crippen molar-refractivity contribution >= 4 is 17.6 Å². The van der Waals surface area contributed by atoms with E-state index in [9.17, 15) is 24.7 Å². The number of hydrogen-bond donors (Lipinski definition) is 3. The van der Waals surface area contributed by atoms with Crippen LogP contribution >= 0.6 is 11.6 Å². The van der Waals surface area contributed by atoms with Crippen LogP contribution in [0.2, 0.25) is 0 Å². The Morgan fingerprint density at radius 3 is 1.20 bits per heavy atom. The summed E-state index contributed by atoms with van der Waals surface area (Å²) in [6, 6.07) is 2.62. The van der Waals surface area contributed by atoms with Crippen LogP contribution in [0.15, 0.2) is 85.1 Å². The molecule has 104 heavy (non-hydrogen) atoms. The smallest absolute Gasteiger partial charge is 0.311 e. The molecule has 28 aliphatic rings. The topological polar surface area (TPSA) is 117 Å². The first kappa shape index (κ1) is 68.1. The van der Waals surface area contributed by atoms with Gasteiger partial charge in [0.05, 0.1) is 35.2 Å². The lowest BCUT2D eigenvalue weighted by molar-refractivity contribution is -0.157. The molecule has 49 atom stereocenters. The Bertz CT molecular complexity index is 3520. The highest BCUT2D eigenvalue weighted by Crippen LogP contribution is 2.76. The fourth-order valence-corrected chi connectivity index (χ4v) is 39.0. The molecule has 0 aliphatic heterocycles. The number of ether oxygens (including phenoxy) is 1. The van der Waals surface area contributed by atoms with Crippen LogP contribution in [0.4, 0.5) is 4.39 Å². The van der Waals surface area contributed by atoms with Crippen molar-refractivity contribution < 1.29 is 24.1 Å². The predicted molar refractivity (Wildman–Crippen MR) is 408 cm³/mol. The summed E-state index contributed by atoms with van der Waals surface area (Å²) in [6.07, 6.45) is 63.6. The molecule has 6 nitrogen and oxygen atoms in total. The molecule has 0 heterocycles. The summed E-state index contributed by atoms with van der Waals surface area (Å²) in [5.41, 5.74) is 5.00. The maximum atomic E-state index is 14.2. The molecule has 21 saturated carbocycles. The second-order valence-electron chi connectivity index (χ2n) is 45.1. The molecular formula is C96H130ClFN2O4. The number of nitrogens with two attached hydrogens (primary N) is 1. The molecule has 28 rings (SSSR count). The van der Waals surface area contributed by atoms with E-state index in [0.29, 0.717) is 23.7 Å². The van der Waals surface area contributed by atoms with Crippen molar-refractivity contribution in [3.8, 4) is 6.07 Å². The number of fused-ring (bicyclic) bond motifs is 63. The molecule has 28 aliphatic carbocycles. The highest BCUT2D eigenvalue weighted by atomic mass is 35.5. The van der Waals surface area contributed by atoms with Crippen LogP contribution in [0.1, 0.15) is 196 Å². The number of esters is 1. The van der Waals surface area contributed by atoms with Crippen molar-refractivity contribution in [1.82, 2.24) is 0 Å². The molecule has 0 saturated heterocycles. The van der Waals surface area contributed by atoms with E-state index in [-0.39, 0.29) is 38.4 Å². The van der Waals surface area contributed by atoms with Crippen molar-refractivity contribution in [2.24, 2.45) is 265 Å². The summed E-state index contributed by atoms with van der Waals surface area (Å²) >= 11 is 6.64. The van der Waals surface area contributed by atoms with Crippen molar-refractivity contribution in [2.75, 3.05) is 7.11 Å². The first-order valence-corrected chi connectivity index (χ1v) is 45.0. The molecule has 0 spiro atoms. The number of alkyl halides is 2. The van der Waals surface area contributed by atoms with Crippen LogP contribution < -0.4 is 5.73 Å². The van der Waals surface area contributed by atoms with E-state index in [4.69, 9.17) is 22.1 Å². The average Bonchev–Trinajstić information content (AvgIpc) is 1.59. The molecular weight excluding hydrogens is 1300 g/mol. The summed E-state index contributed by atoms with van der Waals surface area (Å²) in [4.78, 5) is 12.2. The van der Waals surface area contributed by atoms with Gasteiger partial charge >= 0.3 is 5.97 Å². The second kappa shape index (κ2) is 23.0. The molecule has 562 valence electrons. The summed E-state index contributed by atoms with van der Waals surface area (Å²) in [6.45, 7) is 15.1. The molecule has 0 radical (unpaired) electrons. The highest BCUT2D eigenvalue weighted by Gasteiger charge is 2.72. The van der Waals surface area contributed by atoms with Crippen molar-refractivity contribution in [3.63, 3.8) is 0 Å². The van der Waals surface area contributed by atoms with Crippen LogP contribution in [0.25, 0.3) is 0 Å². The van der Waals surface area contributed by atoms with Crippen LogP contribution in [0.3, 0.4) is 0 Å². The Balaban J connectivity index is 0.0000000763. The SMILES string of the molecule is CC1(C#N)CC2CC1C1C3C=CC(C3)C21.CC1(Cl)CC2CC1C1C3C=CC(C3)C21.CC1(F)CC2CC1C1C3C=CC(C3)C21.CC1(N)CC2CC1C1C3C=CC(C3)C21.CC1(O)CC2CC1C1C3C=CC(C3)C21.CCCC1(O)CC2CC1C1C3C=CC(C3)C21.COC(=O)C1(C)CC2CC1C1C3C=CC(C3)C21. The highest BCUT2D eigenvalue weighted by molar-refractivity contribution is 6.24. The van der Waals surface area contributed by atoms with Crippen LogP contribution in [0, 0.1) is 271 Å². The van der Waals surface area contributed by atoms with Gasteiger partial charge in [0, 0.05) is 10.4 Å². The normalized spacial score (nSPS) is 64.5. The zero-order valence-electron chi connectivity index (χ0n) is 64.6. The van der Waals surface area contributed by atoms with E-state index < -0.39 is 5.67 Å². The summed E-state index contributed by atoms with van der Waals surface area (Å²) in [5.74, 6) is 35.4. The van der Waals surface area contributed by atoms with Gasteiger partial charge in [-0.2, -0.15) is 5.26 Å². The number of hydrogen-bond acceptors (Lipinski definition) is 6. The molecule has 0 aromatic heterocycles. The van der Waals surface area contributed by atoms with Gasteiger partial charge in [-0.05, 0) is 431 Å². The number of carbonyl (C=O) groups is 1. The standard InChI is InChI=1S/C15H20O2.C15H22O.C14H17N.C13H17Cl.C13H17F.C13H19N.C13H18O/c1-15(14(16)17-2)7-10-6-11(15)13-9-4-3-8(5-9)12(10)13;1-2-5-15(16)8-11-7-12(15)14-10-4-3-9(6-10)13(11)14;1-14(7-15)6-10-5-11(14)13-9-3-2-8(4-9)12(10)13;4*1-13(14)6-9-5-10(13)12-8-3-2-7(4-8)11(9)12/h3-4,8-13H,5-7H2,1-2H3;3-4,9-14,16H,2,5-8H2,1H3;2-3,8-13H,4-6H2,1H3;2*2-3,7-12H,4-6H2,1H3;2-3,7-12H,4-6,14H2,1H3;2-3,7-12,14H,4-6H2,1H3. The van der Waals surface area contributed by atoms with Gasteiger partial charge < -0.3 is 20.7 Å². The Labute approximate surface area is 630 Å². The van der Waals surface area contributed by atoms with E-state index in [1.807, 2.05) is 6.92 Å². The van der Waals surface area contributed by atoms with Gasteiger partial charge in [-0.15, -0.1) is 11.6 Å². The van der Waals surface area contributed by atoms with Crippen LogP contribution in [-0.2, 0) is 9.53 Å². The third-order valence-electron chi connectivity index (χ3n) is 40.8. The lowest BCUT2D eigenvalue weighted by Crippen LogP contribution is -2.48. The minimum absolute atomic E-state index is 0.0180.